The van der Waals surface area contributed by atoms with Crippen LogP contribution in [0.2, 0.25) is 0 Å². The Morgan fingerprint density at radius 3 is 2.54 bits per heavy atom. The van der Waals surface area contributed by atoms with Crippen molar-refractivity contribution in [2.45, 2.75) is 32.9 Å². The summed E-state index contributed by atoms with van der Waals surface area (Å²) >= 11 is 0. The van der Waals surface area contributed by atoms with Crippen LogP contribution in [0, 0.1) is 17.1 Å². The van der Waals surface area contributed by atoms with Crippen molar-refractivity contribution in [3.8, 4) is 28.8 Å². The lowest BCUT2D eigenvalue weighted by Gasteiger charge is -2.22. The number of nitriles is 1. The Morgan fingerprint density at radius 2 is 1.92 bits per heavy atom. The van der Waals surface area contributed by atoms with E-state index in [4.69, 9.17) is 9.72 Å². The van der Waals surface area contributed by atoms with Crippen LogP contribution >= 0.6 is 0 Å². The number of hydrogen-bond donors (Lipinski definition) is 1. The van der Waals surface area contributed by atoms with E-state index in [0.717, 1.165) is 28.7 Å². The average molecular weight is 527 g/mol. The predicted molar refractivity (Wildman–Crippen MR) is 143 cm³/mol. The van der Waals surface area contributed by atoms with Crippen LogP contribution in [0.1, 0.15) is 31.9 Å². The van der Waals surface area contributed by atoms with Gasteiger partial charge in [-0.1, -0.05) is 6.07 Å². The van der Waals surface area contributed by atoms with Crippen molar-refractivity contribution in [2.24, 2.45) is 0 Å². The first kappa shape index (κ1) is 25.8. The molecule has 0 bridgehead atoms. The number of ether oxygens (including phenoxy) is 1. The summed E-state index contributed by atoms with van der Waals surface area (Å²) in [6.45, 7) is 6.77. The molecule has 0 unspecified atom stereocenters. The van der Waals surface area contributed by atoms with Gasteiger partial charge in [-0.05, 0) is 50.6 Å². The highest BCUT2D eigenvalue weighted by Gasteiger charge is 2.18. The average Bonchev–Trinajstić information content (AvgIpc) is 3.56. The summed E-state index contributed by atoms with van der Waals surface area (Å²) in [4.78, 5) is 11.2. The summed E-state index contributed by atoms with van der Waals surface area (Å²) < 4.78 is 22.1. The number of fused-ring (bicyclic) bond motifs is 1. The molecular weight excluding hydrogens is 499 g/mol. The molecule has 11 heteroatoms. The number of pyridine rings is 3. The maximum absolute atomic E-state index is 13.3. The van der Waals surface area contributed by atoms with Gasteiger partial charge in [0.15, 0.2) is 11.6 Å². The van der Waals surface area contributed by atoms with E-state index in [1.165, 1.54) is 17.1 Å². The molecule has 5 aromatic heterocycles. The lowest BCUT2D eigenvalue weighted by molar-refractivity contribution is 0.0283. The number of nitrogens with zero attached hydrogens (tertiary/aromatic N) is 8. The van der Waals surface area contributed by atoms with Crippen LogP contribution < -0.4 is 9.64 Å². The van der Waals surface area contributed by atoms with Gasteiger partial charge in [0, 0.05) is 36.6 Å². The van der Waals surface area contributed by atoms with Gasteiger partial charge in [-0.2, -0.15) is 15.5 Å². The van der Waals surface area contributed by atoms with Crippen molar-refractivity contribution in [3.63, 3.8) is 0 Å². The van der Waals surface area contributed by atoms with Crippen LogP contribution in [0.15, 0.2) is 67.5 Å². The van der Waals surface area contributed by atoms with Gasteiger partial charge in [0.2, 0.25) is 0 Å². The third-order valence-corrected chi connectivity index (χ3v) is 6.03. The number of aromatic nitrogens is 6. The summed E-state index contributed by atoms with van der Waals surface area (Å²) in [5, 5.41) is 28.0. The van der Waals surface area contributed by atoms with E-state index in [9.17, 15) is 14.8 Å². The fourth-order valence-corrected chi connectivity index (χ4v) is 4.12. The van der Waals surface area contributed by atoms with Crippen LogP contribution in [0.4, 0.5) is 10.2 Å². The second-order valence-corrected chi connectivity index (χ2v) is 9.70. The van der Waals surface area contributed by atoms with Gasteiger partial charge >= 0.3 is 0 Å². The number of anilines is 1. The van der Waals surface area contributed by atoms with Crippen molar-refractivity contribution in [2.75, 3.05) is 18.1 Å². The van der Waals surface area contributed by atoms with Crippen LogP contribution in [0.3, 0.4) is 0 Å². The molecule has 0 saturated carbocycles. The molecule has 5 rings (SSSR count). The van der Waals surface area contributed by atoms with Crippen molar-refractivity contribution in [1.29, 1.82) is 5.26 Å². The van der Waals surface area contributed by atoms with E-state index in [1.807, 2.05) is 31.2 Å². The Balaban J connectivity index is 1.40. The molecular formula is C28H27FN8O2. The highest BCUT2D eigenvalue weighted by atomic mass is 19.1. The maximum Gasteiger partial charge on any atom is 0.161 e. The van der Waals surface area contributed by atoms with Crippen molar-refractivity contribution >= 4 is 11.3 Å². The first-order valence-electron chi connectivity index (χ1n) is 12.4. The van der Waals surface area contributed by atoms with Gasteiger partial charge in [0.05, 0.1) is 41.5 Å². The molecule has 1 N–H and O–H groups in total. The van der Waals surface area contributed by atoms with Gasteiger partial charge in [0.25, 0.3) is 0 Å². The van der Waals surface area contributed by atoms with Crippen molar-refractivity contribution in [3.05, 3.63) is 84.5 Å². The van der Waals surface area contributed by atoms with Crippen LogP contribution in [0.5, 0.6) is 5.75 Å². The Bertz CT molecular complexity index is 1630. The molecule has 0 amide bonds. The van der Waals surface area contributed by atoms with E-state index >= 15 is 0 Å². The number of halogens is 1. The second kappa shape index (κ2) is 10.5. The molecule has 0 saturated heterocycles. The van der Waals surface area contributed by atoms with Crippen molar-refractivity contribution < 1.29 is 14.2 Å². The quantitative estimate of drug-likeness (QED) is 0.304. The zero-order valence-electron chi connectivity index (χ0n) is 21.8. The zero-order chi connectivity index (χ0) is 27.6. The molecule has 0 aliphatic heterocycles. The minimum atomic E-state index is -1.00. The van der Waals surface area contributed by atoms with Crippen LogP contribution in [-0.4, -0.2) is 53.2 Å². The Kier molecular flexibility index (Phi) is 6.96. The summed E-state index contributed by atoms with van der Waals surface area (Å²) in [6, 6.07) is 11.6. The first-order valence-corrected chi connectivity index (χ1v) is 12.4. The molecule has 0 aliphatic rings. The van der Waals surface area contributed by atoms with E-state index < -0.39 is 11.4 Å². The van der Waals surface area contributed by atoms with Crippen LogP contribution in [0.25, 0.3) is 22.5 Å². The molecule has 10 nitrogen and oxygen atoms in total. The molecule has 0 fully saturated rings. The molecule has 39 heavy (non-hydrogen) atoms. The summed E-state index contributed by atoms with van der Waals surface area (Å²) in [5.74, 6) is 1.41. The summed E-state index contributed by atoms with van der Waals surface area (Å²) in [5.41, 5.74) is 2.59. The third kappa shape index (κ3) is 5.71. The topological polar surface area (TPSA) is 117 Å². The smallest absolute Gasteiger partial charge is 0.161 e. The first-order chi connectivity index (χ1) is 18.7. The lowest BCUT2D eigenvalue weighted by atomic mass is 10.1. The SMILES string of the molecule is CCN(Cc1ccc(-n2cc(F)cn2)nc1)c1ccc(-c2cc(OCC(C)(C)O)cn3ncc(C#N)c23)cn1. The fraction of sp³-hybridized carbons (Fsp3) is 0.250. The highest BCUT2D eigenvalue weighted by Crippen LogP contribution is 2.31. The zero-order valence-corrected chi connectivity index (χ0v) is 21.8. The molecule has 0 aliphatic carbocycles. The van der Waals surface area contributed by atoms with E-state index in [1.54, 1.807) is 43.0 Å². The van der Waals surface area contributed by atoms with Gasteiger partial charge < -0.3 is 14.7 Å². The molecule has 5 aromatic rings. The second-order valence-electron chi connectivity index (χ2n) is 9.70. The Morgan fingerprint density at radius 1 is 1.08 bits per heavy atom. The van der Waals surface area contributed by atoms with E-state index in [2.05, 4.69) is 26.2 Å². The Labute approximate surface area is 224 Å². The summed E-state index contributed by atoms with van der Waals surface area (Å²) in [7, 11) is 0. The van der Waals surface area contributed by atoms with Gasteiger partial charge in [-0.3, -0.25) is 0 Å². The summed E-state index contributed by atoms with van der Waals surface area (Å²) in [6.07, 6.45) is 9.12. The monoisotopic (exact) mass is 526 g/mol. The fourth-order valence-electron chi connectivity index (χ4n) is 4.12. The molecule has 0 radical (unpaired) electrons. The number of aliphatic hydroxyl groups is 1. The number of hydrogen-bond acceptors (Lipinski definition) is 8. The van der Waals surface area contributed by atoms with Gasteiger partial charge in [-0.25, -0.2) is 23.6 Å². The van der Waals surface area contributed by atoms with Crippen LogP contribution in [-0.2, 0) is 6.54 Å². The molecule has 198 valence electrons. The predicted octanol–water partition coefficient (Wildman–Crippen LogP) is 4.16. The van der Waals surface area contributed by atoms with E-state index in [-0.39, 0.29) is 6.61 Å². The highest BCUT2D eigenvalue weighted by molar-refractivity contribution is 5.85. The van der Waals surface area contributed by atoms with Crippen molar-refractivity contribution in [1.82, 2.24) is 29.4 Å². The van der Waals surface area contributed by atoms with Gasteiger partial charge in [-0.15, -0.1) is 0 Å². The standard InChI is InChI=1S/C28H27FN8O2/c1-4-35(15-19-5-7-26(31-11-19)36-16-22(29)14-34-36)25-8-6-20(12-32-25)24-9-23(39-18-28(2,3)38)17-37-27(24)21(10-30)13-33-37/h5-9,11-14,16-17,38H,4,15,18H2,1-3H3. The molecule has 0 spiro atoms. The normalized spacial score (nSPS) is 11.5. The molecule has 0 aromatic carbocycles. The Hall–Kier alpha value is -4.82. The molecule has 0 atom stereocenters. The molecule has 5 heterocycles. The third-order valence-electron chi connectivity index (χ3n) is 6.03. The lowest BCUT2D eigenvalue weighted by Crippen LogP contribution is -2.27. The van der Waals surface area contributed by atoms with E-state index in [0.29, 0.717) is 35.7 Å². The minimum absolute atomic E-state index is 0.0988. The van der Waals surface area contributed by atoms with Gasteiger partial charge in [0.1, 0.15) is 24.2 Å². The minimum Gasteiger partial charge on any atom is -0.489 e. The number of rotatable bonds is 9. The largest absolute Gasteiger partial charge is 0.489 e. The maximum atomic E-state index is 13.3.